The summed E-state index contributed by atoms with van der Waals surface area (Å²) in [6.07, 6.45) is 0.258. The second-order valence-corrected chi connectivity index (χ2v) is 5.13. The van der Waals surface area contributed by atoms with Crippen LogP contribution in [0.3, 0.4) is 0 Å². The summed E-state index contributed by atoms with van der Waals surface area (Å²) in [5.74, 6) is -1.48. The van der Waals surface area contributed by atoms with Gasteiger partial charge in [-0.3, -0.25) is 19.3 Å². The van der Waals surface area contributed by atoms with Crippen LogP contribution in [0.1, 0.15) is 20.3 Å². The Hall–Kier alpha value is -1.67. The van der Waals surface area contributed by atoms with Gasteiger partial charge in [-0.25, -0.2) is 0 Å². The average molecular weight is 301 g/mol. The molecule has 8 nitrogen and oxygen atoms in total. The van der Waals surface area contributed by atoms with Gasteiger partial charge in [0, 0.05) is 26.1 Å². The molecule has 1 rings (SSSR count). The molecule has 2 atom stereocenters. The lowest BCUT2D eigenvalue weighted by Gasteiger charge is -2.40. The Kier molecular flexibility index (Phi) is 6.57. The van der Waals surface area contributed by atoms with Gasteiger partial charge in [0.15, 0.2) is 0 Å². The molecule has 8 heteroatoms. The minimum absolute atomic E-state index is 0.0721. The molecule has 0 aromatic rings. The van der Waals surface area contributed by atoms with Gasteiger partial charge in [0.1, 0.15) is 6.61 Å². The van der Waals surface area contributed by atoms with Crippen molar-refractivity contribution in [3.05, 3.63) is 0 Å². The van der Waals surface area contributed by atoms with Gasteiger partial charge in [0.05, 0.1) is 18.6 Å². The van der Waals surface area contributed by atoms with Gasteiger partial charge >= 0.3 is 11.9 Å². The van der Waals surface area contributed by atoms with E-state index in [9.17, 15) is 14.4 Å². The lowest BCUT2D eigenvalue weighted by molar-refractivity contribution is -0.148. The van der Waals surface area contributed by atoms with E-state index in [4.69, 9.17) is 15.6 Å². The molecule has 1 heterocycles. The van der Waals surface area contributed by atoms with E-state index in [1.165, 1.54) is 0 Å². The number of nitrogens with zero attached hydrogens (tertiary/aromatic N) is 2. The van der Waals surface area contributed by atoms with Crippen molar-refractivity contribution < 1.29 is 24.2 Å². The zero-order chi connectivity index (χ0) is 16.0. The molecule has 0 aromatic carbocycles. The van der Waals surface area contributed by atoms with Gasteiger partial charge in [-0.15, -0.1) is 0 Å². The van der Waals surface area contributed by atoms with E-state index < -0.39 is 12.0 Å². The van der Waals surface area contributed by atoms with Crippen LogP contribution in [0, 0.1) is 0 Å². The summed E-state index contributed by atoms with van der Waals surface area (Å²) in [6.45, 7) is 4.37. The minimum atomic E-state index is -0.950. The number of ether oxygens (including phenoxy) is 1. The molecular formula is C13H23N3O5. The number of esters is 1. The maximum Gasteiger partial charge on any atom is 0.317 e. The summed E-state index contributed by atoms with van der Waals surface area (Å²) >= 11 is 0. The number of amides is 1. The summed E-state index contributed by atoms with van der Waals surface area (Å²) in [4.78, 5) is 37.4. The number of hydrogen-bond acceptors (Lipinski definition) is 6. The second-order valence-electron chi connectivity index (χ2n) is 5.13. The van der Waals surface area contributed by atoms with Crippen molar-refractivity contribution >= 4 is 17.8 Å². The predicted octanol–water partition coefficient (Wildman–Crippen LogP) is -1.12. The van der Waals surface area contributed by atoms with Crippen LogP contribution in [0.2, 0.25) is 0 Å². The Morgan fingerprint density at radius 3 is 2.57 bits per heavy atom. The van der Waals surface area contributed by atoms with Crippen LogP contribution in [0.5, 0.6) is 0 Å². The zero-order valence-corrected chi connectivity index (χ0v) is 12.4. The maximum atomic E-state index is 11.9. The molecule has 0 bridgehead atoms. The Morgan fingerprint density at radius 2 is 2.05 bits per heavy atom. The minimum Gasteiger partial charge on any atom is -0.480 e. The fourth-order valence-electron chi connectivity index (χ4n) is 2.21. The largest absolute Gasteiger partial charge is 0.480 e. The lowest BCUT2D eigenvalue weighted by atomic mass is 10.1. The average Bonchev–Trinajstić information content (AvgIpc) is 2.44. The molecule has 120 valence electrons. The van der Waals surface area contributed by atoms with Crippen molar-refractivity contribution in [2.45, 2.75) is 32.4 Å². The third-order valence-corrected chi connectivity index (χ3v) is 3.37. The number of aliphatic carboxylic acids is 1. The van der Waals surface area contributed by atoms with Gasteiger partial charge in [0.2, 0.25) is 5.91 Å². The first-order chi connectivity index (χ1) is 9.85. The first-order valence-electron chi connectivity index (χ1n) is 7.01. The Labute approximate surface area is 123 Å². The Morgan fingerprint density at radius 1 is 1.38 bits per heavy atom. The van der Waals surface area contributed by atoms with Crippen molar-refractivity contribution in [2.24, 2.45) is 5.73 Å². The van der Waals surface area contributed by atoms with E-state index in [0.29, 0.717) is 19.6 Å². The standard InChI is InChI=1S/C13H23N3O5/c1-3-12(19)21-8-10-6-16(13(20)9(2)14)5-4-15(10)7-11(17)18/h9-10H,3-8,14H2,1-2H3,(H,17,18). The molecular weight excluding hydrogens is 278 g/mol. The zero-order valence-electron chi connectivity index (χ0n) is 12.4. The summed E-state index contributed by atoms with van der Waals surface area (Å²) < 4.78 is 5.09. The van der Waals surface area contributed by atoms with Crippen molar-refractivity contribution in [3.8, 4) is 0 Å². The molecule has 0 spiro atoms. The Bertz CT molecular complexity index is 399. The van der Waals surface area contributed by atoms with E-state index in [1.54, 1.807) is 23.6 Å². The van der Waals surface area contributed by atoms with Crippen molar-refractivity contribution in [1.82, 2.24) is 9.80 Å². The topological polar surface area (TPSA) is 113 Å². The van der Waals surface area contributed by atoms with E-state index in [2.05, 4.69) is 0 Å². The monoisotopic (exact) mass is 301 g/mol. The van der Waals surface area contributed by atoms with E-state index >= 15 is 0 Å². The second kappa shape index (κ2) is 7.94. The smallest absolute Gasteiger partial charge is 0.317 e. The molecule has 3 N–H and O–H groups in total. The van der Waals surface area contributed by atoms with Crippen LogP contribution in [0.4, 0.5) is 0 Å². The van der Waals surface area contributed by atoms with Gasteiger partial charge in [-0.2, -0.15) is 0 Å². The highest BCUT2D eigenvalue weighted by Gasteiger charge is 2.32. The van der Waals surface area contributed by atoms with Gasteiger partial charge < -0.3 is 20.5 Å². The van der Waals surface area contributed by atoms with Crippen molar-refractivity contribution in [2.75, 3.05) is 32.8 Å². The third-order valence-electron chi connectivity index (χ3n) is 3.37. The van der Waals surface area contributed by atoms with Crippen molar-refractivity contribution in [1.29, 1.82) is 0 Å². The number of hydrogen-bond donors (Lipinski definition) is 2. The fourth-order valence-corrected chi connectivity index (χ4v) is 2.21. The normalized spacial score (nSPS) is 20.9. The molecule has 0 saturated carbocycles. The third kappa shape index (κ3) is 5.31. The summed E-state index contributed by atoms with van der Waals surface area (Å²) in [5, 5.41) is 8.92. The van der Waals surface area contributed by atoms with E-state index in [0.717, 1.165) is 0 Å². The molecule has 0 aliphatic carbocycles. The summed E-state index contributed by atoms with van der Waals surface area (Å²) in [7, 11) is 0. The predicted molar refractivity (Wildman–Crippen MR) is 74.5 cm³/mol. The molecule has 21 heavy (non-hydrogen) atoms. The number of carbonyl (C=O) groups excluding carboxylic acids is 2. The van der Waals surface area contributed by atoms with Crippen LogP contribution in [0.25, 0.3) is 0 Å². The quantitative estimate of drug-likeness (QED) is 0.598. The first kappa shape index (κ1) is 17.4. The van der Waals surface area contributed by atoms with Gasteiger partial charge in [-0.05, 0) is 6.92 Å². The molecule has 2 unspecified atom stereocenters. The SMILES string of the molecule is CCC(=O)OCC1CN(C(=O)C(C)N)CCN1CC(=O)O. The van der Waals surface area contributed by atoms with Crippen LogP contribution in [0.15, 0.2) is 0 Å². The van der Waals surface area contributed by atoms with Gasteiger partial charge in [0.25, 0.3) is 0 Å². The molecule has 0 aromatic heterocycles. The highest BCUT2D eigenvalue weighted by molar-refractivity contribution is 5.81. The van der Waals surface area contributed by atoms with Gasteiger partial charge in [-0.1, -0.05) is 6.92 Å². The van der Waals surface area contributed by atoms with Crippen LogP contribution >= 0.6 is 0 Å². The molecule has 1 amide bonds. The number of piperazine rings is 1. The highest BCUT2D eigenvalue weighted by atomic mass is 16.5. The van der Waals surface area contributed by atoms with Crippen molar-refractivity contribution in [3.63, 3.8) is 0 Å². The first-order valence-corrected chi connectivity index (χ1v) is 7.01. The van der Waals surface area contributed by atoms with E-state index in [-0.39, 0.29) is 37.5 Å². The molecule has 1 saturated heterocycles. The summed E-state index contributed by atoms with van der Waals surface area (Å²) in [6, 6.07) is -0.928. The van der Waals surface area contributed by atoms with Crippen LogP contribution < -0.4 is 5.73 Å². The highest BCUT2D eigenvalue weighted by Crippen LogP contribution is 2.11. The number of carboxylic acid groups (broad SMARTS) is 1. The van der Waals surface area contributed by atoms with E-state index in [1.807, 2.05) is 0 Å². The molecule has 1 aliphatic rings. The number of rotatable bonds is 6. The number of nitrogens with two attached hydrogens (primary N) is 1. The number of carbonyl (C=O) groups is 3. The number of carboxylic acids is 1. The lowest BCUT2D eigenvalue weighted by Crippen LogP contribution is -2.59. The maximum absolute atomic E-state index is 11.9. The Balaban J connectivity index is 2.68. The molecule has 1 aliphatic heterocycles. The fraction of sp³-hybridized carbons (Fsp3) is 0.769. The van der Waals surface area contributed by atoms with Crippen LogP contribution in [-0.2, 0) is 19.1 Å². The molecule has 1 fully saturated rings. The summed E-state index contributed by atoms with van der Waals surface area (Å²) in [5.41, 5.74) is 5.59. The molecule has 0 radical (unpaired) electrons. The van der Waals surface area contributed by atoms with Crippen LogP contribution in [-0.4, -0.2) is 77.6 Å².